The van der Waals surface area contributed by atoms with Crippen molar-refractivity contribution in [3.05, 3.63) is 47.8 Å². The van der Waals surface area contributed by atoms with Gasteiger partial charge in [0.05, 0.1) is 6.04 Å². The summed E-state index contributed by atoms with van der Waals surface area (Å²) in [4.78, 5) is 13.9. The summed E-state index contributed by atoms with van der Waals surface area (Å²) in [5, 5.41) is 2.79. The number of hydrogen-bond acceptors (Lipinski definition) is 6. The van der Waals surface area contributed by atoms with E-state index in [-0.39, 0.29) is 30.0 Å². The van der Waals surface area contributed by atoms with E-state index in [0.29, 0.717) is 30.3 Å². The first kappa shape index (κ1) is 20.1. The Labute approximate surface area is 180 Å². The molecule has 8 heteroatoms. The first-order valence-corrected chi connectivity index (χ1v) is 10.6. The molecule has 164 valence electrons. The Hall–Kier alpha value is -2.84. The topological polar surface area (TPSA) is 86.0 Å². The molecule has 1 spiro atoms. The SMILES string of the molecule is N[C@@H](COc1cccc2c1NC(=O)CO2)CN1CCC2(CC1)Cc1cc(F)ccc1O2. The first-order chi connectivity index (χ1) is 15.0. The Bertz CT molecular complexity index is 991. The number of nitrogens with two attached hydrogens (primary N) is 1. The van der Waals surface area contributed by atoms with E-state index < -0.39 is 0 Å². The number of likely N-dealkylation sites (tertiary alicyclic amines) is 1. The fourth-order valence-electron chi connectivity index (χ4n) is 4.60. The zero-order chi connectivity index (χ0) is 21.4. The molecule has 1 atom stereocenters. The van der Waals surface area contributed by atoms with Crippen LogP contribution in [-0.4, -0.2) is 55.3 Å². The molecule has 5 rings (SSSR count). The molecule has 0 aromatic heterocycles. The molecule has 7 nitrogen and oxygen atoms in total. The third kappa shape index (κ3) is 4.18. The standard InChI is InChI=1S/C23H26FN3O4/c24-16-4-5-18-15(10-16)11-23(31-18)6-8-27(9-7-23)12-17(25)13-29-19-2-1-3-20-22(19)26-21(28)14-30-20/h1-5,10,17H,6-9,11-14,25H2,(H,26,28)/t17-/m1/s1. The van der Waals surface area contributed by atoms with E-state index in [1.54, 1.807) is 24.3 Å². The van der Waals surface area contributed by atoms with Crippen LogP contribution in [0.1, 0.15) is 18.4 Å². The number of carbonyl (C=O) groups is 1. The summed E-state index contributed by atoms with van der Waals surface area (Å²) in [5.74, 6) is 1.55. The van der Waals surface area contributed by atoms with Gasteiger partial charge in [-0.2, -0.15) is 0 Å². The molecule has 1 saturated heterocycles. The van der Waals surface area contributed by atoms with Crippen LogP contribution in [0, 0.1) is 5.82 Å². The van der Waals surface area contributed by atoms with Gasteiger partial charge < -0.3 is 30.2 Å². The second-order valence-electron chi connectivity index (χ2n) is 8.55. The predicted molar refractivity (Wildman–Crippen MR) is 113 cm³/mol. The van der Waals surface area contributed by atoms with Crippen LogP contribution in [0.25, 0.3) is 0 Å². The summed E-state index contributed by atoms with van der Waals surface area (Å²) < 4.78 is 31.0. The molecule has 3 aliphatic rings. The number of fused-ring (bicyclic) bond motifs is 2. The van der Waals surface area contributed by atoms with Crippen LogP contribution in [-0.2, 0) is 11.2 Å². The molecule has 1 fully saturated rings. The number of ether oxygens (including phenoxy) is 3. The number of nitrogens with zero attached hydrogens (tertiary/aromatic N) is 1. The quantitative estimate of drug-likeness (QED) is 0.762. The summed E-state index contributed by atoms with van der Waals surface area (Å²) in [6, 6.07) is 10.0. The summed E-state index contributed by atoms with van der Waals surface area (Å²) in [6.45, 7) is 2.78. The average Bonchev–Trinajstić information content (AvgIpc) is 3.11. The van der Waals surface area contributed by atoms with Crippen LogP contribution < -0.4 is 25.3 Å². The highest BCUT2D eigenvalue weighted by Gasteiger charge is 2.42. The molecule has 0 bridgehead atoms. The number of nitrogens with one attached hydrogen (secondary N) is 1. The van der Waals surface area contributed by atoms with Crippen molar-refractivity contribution in [1.29, 1.82) is 0 Å². The zero-order valence-electron chi connectivity index (χ0n) is 17.2. The highest BCUT2D eigenvalue weighted by molar-refractivity contribution is 5.97. The van der Waals surface area contributed by atoms with E-state index in [2.05, 4.69) is 10.2 Å². The molecule has 1 amide bonds. The fourth-order valence-corrected chi connectivity index (χ4v) is 4.60. The van der Waals surface area contributed by atoms with Crippen molar-refractivity contribution in [3.8, 4) is 17.2 Å². The molecule has 3 N–H and O–H groups in total. The molecule has 0 unspecified atom stereocenters. The number of para-hydroxylation sites is 1. The van der Waals surface area contributed by atoms with Gasteiger partial charge in [0.25, 0.3) is 5.91 Å². The van der Waals surface area contributed by atoms with Gasteiger partial charge in [-0.3, -0.25) is 4.79 Å². The van der Waals surface area contributed by atoms with E-state index >= 15 is 0 Å². The lowest BCUT2D eigenvalue weighted by Gasteiger charge is -2.39. The molecule has 0 radical (unpaired) electrons. The van der Waals surface area contributed by atoms with Crippen molar-refractivity contribution in [2.45, 2.75) is 30.9 Å². The molecule has 3 aliphatic heterocycles. The Kier molecular flexibility index (Phi) is 5.19. The van der Waals surface area contributed by atoms with E-state index in [1.165, 1.54) is 6.07 Å². The highest BCUT2D eigenvalue weighted by Crippen LogP contribution is 2.41. The Morgan fingerprint density at radius 1 is 1.23 bits per heavy atom. The van der Waals surface area contributed by atoms with Gasteiger partial charge in [0.1, 0.15) is 41.0 Å². The summed E-state index contributed by atoms with van der Waals surface area (Å²) in [6.07, 6.45) is 2.52. The zero-order valence-corrected chi connectivity index (χ0v) is 17.2. The van der Waals surface area contributed by atoms with Gasteiger partial charge in [-0.15, -0.1) is 0 Å². The van der Waals surface area contributed by atoms with Crippen molar-refractivity contribution in [3.63, 3.8) is 0 Å². The van der Waals surface area contributed by atoms with Crippen LogP contribution in [0.5, 0.6) is 17.2 Å². The maximum atomic E-state index is 13.5. The van der Waals surface area contributed by atoms with Crippen molar-refractivity contribution in [2.75, 3.05) is 38.2 Å². The molecule has 0 saturated carbocycles. The summed E-state index contributed by atoms with van der Waals surface area (Å²) in [5.41, 5.74) is 7.62. The Morgan fingerprint density at radius 3 is 2.90 bits per heavy atom. The largest absolute Gasteiger partial charge is 0.490 e. The molecule has 2 aromatic carbocycles. The highest BCUT2D eigenvalue weighted by atomic mass is 19.1. The number of piperidine rings is 1. The lowest BCUT2D eigenvalue weighted by molar-refractivity contribution is -0.118. The molecule has 2 aromatic rings. The lowest BCUT2D eigenvalue weighted by Crippen LogP contribution is -2.51. The summed E-state index contributed by atoms with van der Waals surface area (Å²) in [7, 11) is 0. The van der Waals surface area contributed by atoms with Crippen molar-refractivity contribution in [2.24, 2.45) is 5.73 Å². The van der Waals surface area contributed by atoms with Gasteiger partial charge in [-0.05, 0) is 30.3 Å². The van der Waals surface area contributed by atoms with Crippen LogP contribution >= 0.6 is 0 Å². The van der Waals surface area contributed by atoms with Gasteiger partial charge in [-0.25, -0.2) is 4.39 Å². The number of hydrogen-bond donors (Lipinski definition) is 2. The van der Waals surface area contributed by atoms with Gasteiger partial charge in [-0.1, -0.05) is 6.07 Å². The maximum Gasteiger partial charge on any atom is 0.262 e. The normalized spacial score (nSPS) is 20.3. The fraction of sp³-hybridized carbons (Fsp3) is 0.435. The van der Waals surface area contributed by atoms with Crippen LogP contribution in [0.3, 0.4) is 0 Å². The smallest absolute Gasteiger partial charge is 0.262 e. The van der Waals surface area contributed by atoms with Gasteiger partial charge in [0.15, 0.2) is 6.61 Å². The number of halogens is 1. The van der Waals surface area contributed by atoms with Crippen molar-refractivity contribution in [1.82, 2.24) is 4.90 Å². The third-order valence-corrected chi connectivity index (χ3v) is 6.19. The first-order valence-electron chi connectivity index (χ1n) is 10.6. The average molecular weight is 427 g/mol. The molecule has 3 heterocycles. The lowest BCUT2D eigenvalue weighted by atomic mass is 9.87. The van der Waals surface area contributed by atoms with Crippen molar-refractivity contribution < 1.29 is 23.4 Å². The minimum Gasteiger partial charge on any atom is -0.490 e. The minimum absolute atomic E-state index is 0.0101. The van der Waals surface area contributed by atoms with E-state index in [4.69, 9.17) is 19.9 Å². The number of rotatable bonds is 5. The van der Waals surface area contributed by atoms with Gasteiger partial charge in [0, 0.05) is 44.5 Å². The molecular weight excluding hydrogens is 401 g/mol. The van der Waals surface area contributed by atoms with E-state index in [0.717, 1.165) is 43.7 Å². The third-order valence-electron chi connectivity index (χ3n) is 6.19. The predicted octanol–water partition coefficient (Wildman–Crippen LogP) is 2.33. The summed E-state index contributed by atoms with van der Waals surface area (Å²) >= 11 is 0. The van der Waals surface area contributed by atoms with Crippen LogP contribution in [0.15, 0.2) is 36.4 Å². The van der Waals surface area contributed by atoms with Gasteiger partial charge >= 0.3 is 0 Å². The molecule has 0 aliphatic carbocycles. The monoisotopic (exact) mass is 427 g/mol. The number of carbonyl (C=O) groups excluding carboxylic acids is 1. The Morgan fingerprint density at radius 2 is 2.06 bits per heavy atom. The minimum atomic E-state index is -0.228. The van der Waals surface area contributed by atoms with E-state index in [1.807, 2.05) is 6.07 Å². The van der Waals surface area contributed by atoms with Crippen molar-refractivity contribution >= 4 is 11.6 Å². The van der Waals surface area contributed by atoms with Crippen LogP contribution in [0.2, 0.25) is 0 Å². The maximum absolute atomic E-state index is 13.5. The number of anilines is 1. The second kappa shape index (κ2) is 8.01. The number of amides is 1. The van der Waals surface area contributed by atoms with Crippen LogP contribution in [0.4, 0.5) is 10.1 Å². The molecule has 31 heavy (non-hydrogen) atoms. The van der Waals surface area contributed by atoms with E-state index in [9.17, 15) is 9.18 Å². The second-order valence-corrected chi connectivity index (χ2v) is 8.55. The number of benzene rings is 2. The van der Waals surface area contributed by atoms with Gasteiger partial charge in [0.2, 0.25) is 0 Å². The molecular formula is C23H26FN3O4. The Balaban J connectivity index is 1.12.